The number of carbonyl (C=O) groups is 1. The second-order valence-corrected chi connectivity index (χ2v) is 8.68. The Hall–Kier alpha value is -1.57. The highest BCUT2D eigenvalue weighted by Gasteiger charge is 2.41. The van der Waals surface area contributed by atoms with E-state index < -0.39 is 24.1 Å². The molecule has 1 heterocycles. The molecule has 1 aliphatic carbocycles. The molecule has 30 heavy (non-hydrogen) atoms. The van der Waals surface area contributed by atoms with Gasteiger partial charge in [0.1, 0.15) is 5.82 Å². The normalized spacial score (nSPS) is 24.9. The van der Waals surface area contributed by atoms with E-state index in [0.717, 1.165) is 38.3 Å². The van der Waals surface area contributed by atoms with Gasteiger partial charge in [0, 0.05) is 18.2 Å². The highest BCUT2D eigenvalue weighted by molar-refractivity contribution is 5.69. The number of esters is 1. The summed E-state index contributed by atoms with van der Waals surface area (Å²) in [4.78, 5) is 15.2. The van der Waals surface area contributed by atoms with Crippen LogP contribution in [-0.2, 0) is 9.53 Å². The van der Waals surface area contributed by atoms with Gasteiger partial charge in [-0.25, -0.2) is 4.39 Å². The van der Waals surface area contributed by atoms with Crippen LogP contribution in [0.25, 0.3) is 0 Å². The molecule has 5 atom stereocenters. The maximum Gasteiger partial charge on any atom is 0.306 e. The van der Waals surface area contributed by atoms with Crippen molar-refractivity contribution in [2.45, 2.75) is 96.1 Å². The molecule has 0 aliphatic heterocycles. The first-order chi connectivity index (χ1) is 14.3. The average molecular weight is 426 g/mol. The molecule has 7 heteroatoms. The van der Waals surface area contributed by atoms with Gasteiger partial charge in [-0.2, -0.15) is 0 Å². The summed E-state index contributed by atoms with van der Waals surface area (Å²) >= 11 is 0. The maximum atomic E-state index is 13.8. The molecule has 0 saturated heterocycles. The fourth-order valence-corrected chi connectivity index (χ4v) is 4.47. The molecule has 1 aromatic rings. The van der Waals surface area contributed by atoms with Gasteiger partial charge >= 0.3 is 5.97 Å². The van der Waals surface area contributed by atoms with Gasteiger partial charge < -0.3 is 20.1 Å². The molecular weight excluding hydrogens is 389 g/mol. The minimum absolute atomic E-state index is 0.0274. The Morgan fingerprint density at radius 2 is 1.83 bits per heavy atom. The number of halogens is 1. The highest BCUT2D eigenvalue weighted by Crippen LogP contribution is 2.40. The molecule has 0 aromatic carbocycles. The van der Waals surface area contributed by atoms with Crippen molar-refractivity contribution in [2.24, 2.45) is 11.8 Å². The zero-order valence-corrected chi connectivity index (χ0v) is 18.0. The van der Waals surface area contributed by atoms with Crippen LogP contribution in [0.1, 0.15) is 83.3 Å². The Morgan fingerprint density at radius 3 is 2.50 bits per heavy atom. The van der Waals surface area contributed by atoms with Crippen LogP contribution in [0.15, 0.2) is 18.5 Å². The molecule has 2 rings (SSSR count). The van der Waals surface area contributed by atoms with Crippen molar-refractivity contribution in [3.8, 4) is 0 Å². The first-order valence-corrected chi connectivity index (χ1v) is 11.1. The first kappa shape index (κ1) is 24.7. The van der Waals surface area contributed by atoms with Crippen molar-refractivity contribution in [3.05, 3.63) is 29.8 Å². The monoisotopic (exact) mass is 425 g/mol. The molecule has 0 amide bonds. The number of nitrogens with zero attached hydrogens (tertiary/aromatic N) is 1. The summed E-state index contributed by atoms with van der Waals surface area (Å²) in [6.45, 7) is 3.67. The molecule has 0 spiro atoms. The van der Waals surface area contributed by atoms with E-state index in [4.69, 9.17) is 4.74 Å². The number of carbonyl (C=O) groups excluding carboxylic acids is 1. The van der Waals surface area contributed by atoms with Gasteiger partial charge in [-0.1, -0.05) is 19.3 Å². The van der Waals surface area contributed by atoms with E-state index in [9.17, 15) is 24.5 Å². The van der Waals surface area contributed by atoms with E-state index in [2.05, 4.69) is 4.98 Å². The largest absolute Gasteiger partial charge is 0.463 e. The molecular formula is C23H36FNO5. The topological polar surface area (TPSA) is 99.9 Å². The molecule has 1 aliphatic rings. The van der Waals surface area contributed by atoms with E-state index in [-0.39, 0.29) is 29.5 Å². The zero-order chi connectivity index (χ0) is 22.1. The maximum absolute atomic E-state index is 13.8. The van der Waals surface area contributed by atoms with Crippen molar-refractivity contribution < 1.29 is 29.2 Å². The first-order valence-electron chi connectivity index (χ1n) is 11.1. The van der Waals surface area contributed by atoms with Gasteiger partial charge in [0.15, 0.2) is 0 Å². The Labute approximate surface area is 178 Å². The number of aliphatic hydroxyl groups is 3. The summed E-state index contributed by atoms with van der Waals surface area (Å²) in [7, 11) is 0. The molecule has 1 aromatic heterocycles. The second-order valence-electron chi connectivity index (χ2n) is 8.68. The summed E-state index contributed by atoms with van der Waals surface area (Å²) < 4.78 is 18.9. The fraction of sp³-hybridized carbons (Fsp3) is 0.739. The quantitative estimate of drug-likeness (QED) is 0.349. The summed E-state index contributed by atoms with van der Waals surface area (Å²) in [6, 6.07) is 1.47. The second kappa shape index (κ2) is 12.3. The summed E-state index contributed by atoms with van der Waals surface area (Å²) in [5, 5.41) is 31.1. The van der Waals surface area contributed by atoms with Crippen molar-refractivity contribution in [1.29, 1.82) is 0 Å². The van der Waals surface area contributed by atoms with Gasteiger partial charge in [0.05, 0.1) is 30.6 Å². The molecule has 0 bridgehead atoms. The van der Waals surface area contributed by atoms with Crippen LogP contribution in [0.2, 0.25) is 0 Å². The van der Waals surface area contributed by atoms with E-state index in [1.807, 2.05) is 13.8 Å². The molecule has 170 valence electrons. The molecule has 6 nitrogen and oxygen atoms in total. The Kier molecular flexibility index (Phi) is 10.1. The van der Waals surface area contributed by atoms with Crippen molar-refractivity contribution >= 4 is 5.97 Å². The highest BCUT2D eigenvalue weighted by atomic mass is 19.1. The van der Waals surface area contributed by atoms with Crippen molar-refractivity contribution in [1.82, 2.24) is 4.98 Å². The minimum Gasteiger partial charge on any atom is -0.463 e. The van der Waals surface area contributed by atoms with Crippen LogP contribution >= 0.6 is 0 Å². The van der Waals surface area contributed by atoms with Gasteiger partial charge in [-0.3, -0.25) is 9.78 Å². The van der Waals surface area contributed by atoms with Crippen LogP contribution in [-0.4, -0.2) is 44.6 Å². The lowest BCUT2D eigenvalue weighted by Crippen LogP contribution is -2.23. The molecule has 1 saturated carbocycles. The number of ether oxygens (including phenoxy) is 1. The molecule has 1 fully saturated rings. The Bertz CT molecular complexity index is 656. The molecule has 0 radical (unpaired) electrons. The van der Waals surface area contributed by atoms with Crippen LogP contribution in [0.5, 0.6) is 0 Å². The van der Waals surface area contributed by atoms with Gasteiger partial charge in [0.25, 0.3) is 0 Å². The van der Waals surface area contributed by atoms with Crippen LogP contribution in [0.3, 0.4) is 0 Å². The summed E-state index contributed by atoms with van der Waals surface area (Å²) in [5.74, 6) is -0.838. The van der Waals surface area contributed by atoms with Crippen LogP contribution in [0, 0.1) is 17.7 Å². The fourth-order valence-electron chi connectivity index (χ4n) is 4.47. The summed E-state index contributed by atoms with van der Waals surface area (Å²) in [6.07, 6.45) is 6.30. The SMILES string of the molecule is CC(C)OC(=O)CCCCCCC1C(CCC(O)c2ccncc2F)[C@H](O)C[C@@H]1O. The standard InChI is InChI=1S/C23H36FNO5/c1-15(2)30-23(29)8-6-4-3-5-7-16-17(22(28)13-21(16)27)9-10-20(26)18-11-12-25-14-19(18)24/h11-12,14-17,20-22,26-28H,3-10,13H2,1-2H3/t16?,17?,20?,21-,22+/m0/s1. The van der Waals surface area contributed by atoms with E-state index in [1.165, 1.54) is 12.3 Å². The van der Waals surface area contributed by atoms with Crippen LogP contribution < -0.4 is 0 Å². The lowest BCUT2D eigenvalue weighted by atomic mass is 9.84. The summed E-state index contributed by atoms with van der Waals surface area (Å²) in [5.41, 5.74) is 0.213. The van der Waals surface area contributed by atoms with Gasteiger partial charge in [-0.15, -0.1) is 0 Å². The molecule has 3 unspecified atom stereocenters. The molecule has 3 N–H and O–H groups in total. The third-order valence-corrected chi connectivity index (χ3v) is 5.99. The third-order valence-electron chi connectivity index (χ3n) is 5.99. The van der Waals surface area contributed by atoms with Gasteiger partial charge in [0.2, 0.25) is 0 Å². The zero-order valence-electron chi connectivity index (χ0n) is 18.0. The number of hydrogen-bond acceptors (Lipinski definition) is 6. The predicted molar refractivity (Wildman–Crippen MR) is 111 cm³/mol. The smallest absolute Gasteiger partial charge is 0.306 e. The number of hydrogen-bond donors (Lipinski definition) is 3. The van der Waals surface area contributed by atoms with Crippen LogP contribution in [0.4, 0.5) is 4.39 Å². The van der Waals surface area contributed by atoms with Gasteiger partial charge in [-0.05, 0) is 63.9 Å². The third kappa shape index (κ3) is 7.60. The number of unbranched alkanes of at least 4 members (excludes halogenated alkanes) is 3. The number of rotatable bonds is 12. The van der Waals surface area contributed by atoms with E-state index >= 15 is 0 Å². The number of aromatic nitrogens is 1. The predicted octanol–water partition coefficient (Wildman–Crippen LogP) is 3.68. The Balaban J connectivity index is 1.73. The number of aliphatic hydroxyl groups excluding tert-OH is 3. The lowest BCUT2D eigenvalue weighted by molar-refractivity contribution is -0.147. The lowest BCUT2D eigenvalue weighted by Gasteiger charge is -2.24. The average Bonchev–Trinajstić information content (AvgIpc) is 2.95. The van der Waals surface area contributed by atoms with Crippen molar-refractivity contribution in [2.75, 3.05) is 0 Å². The van der Waals surface area contributed by atoms with Crippen molar-refractivity contribution in [3.63, 3.8) is 0 Å². The van der Waals surface area contributed by atoms with E-state index in [0.29, 0.717) is 25.7 Å². The number of pyridine rings is 1. The Morgan fingerprint density at radius 1 is 1.17 bits per heavy atom. The minimum atomic E-state index is -0.954. The van der Waals surface area contributed by atoms with E-state index in [1.54, 1.807) is 0 Å².